The summed E-state index contributed by atoms with van der Waals surface area (Å²) >= 11 is 0. The molecule has 2 aromatic carbocycles. The summed E-state index contributed by atoms with van der Waals surface area (Å²) in [6.45, 7) is 5.24. The van der Waals surface area contributed by atoms with Crippen molar-refractivity contribution in [2.75, 3.05) is 6.54 Å². The largest absolute Gasteiger partial charge is 0.330 e. The van der Waals surface area contributed by atoms with Crippen LogP contribution in [0.5, 0.6) is 0 Å². The predicted octanol–water partition coefficient (Wildman–Crippen LogP) is 4.23. The third-order valence-corrected chi connectivity index (χ3v) is 3.99. The number of nitrogens with two attached hydrogens (primary N) is 1. The minimum absolute atomic E-state index is 0.493. The minimum Gasteiger partial charge on any atom is -0.330 e. The molecule has 2 atom stereocenters. The van der Waals surface area contributed by atoms with Crippen LogP contribution in [0.15, 0.2) is 54.6 Å². The molecular weight excluding hydrogens is 230 g/mol. The summed E-state index contributed by atoms with van der Waals surface area (Å²) in [7, 11) is 0. The second kappa shape index (κ2) is 6.53. The van der Waals surface area contributed by atoms with Gasteiger partial charge in [-0.3, -0.25) is 0 Å². The third-order valence-electron chi connectivity index (χ3n) is 3.99. The molecular formula is C18H23N. The van der Waals surface area contributed by atoms with E-state index in [0.29, 0.717) is 11.8 Å². The Morgan fingerprint density at radius 1 is 0.947 bits per heavy atom. The van der Waals surface area contributed by atoms with Crippen molar-refractivity contribution in [3.8, 4) is 0 Å². The molecule has 2 N–H and O–H groups in total. The van der Waals surface area contributed by atoms with Gasteiger partial charge in [0.2, 0.25) is 0 Å². The molecule has 2 rings (SSSR count). The Labute approximate surface area is 116 Å². The van der Waals surface area contributed by atoms with E-state index in [4.69, 9.17) is 5.73 Å². The van der Waals surface area contributed by atoms with Crippen LogP contribution >= 0.6 is 0 Å². The van der Waals surface area contributed by atoms with Crippen LogP contribution in [0.3, 0.4) is 0 Å². The Kier molecular flexibility index (Phi) is 4.75. The van der Waals surface area contributed by atoms with E-state index in [1.54, 1.807) is 0 Å². The Bertz CT molecular complexity index is 504. The lowest BCUT2D eigenvalue weighted by atomic mass is 9.79. The molecule has 0 radical (unpaired) electrons. The molecule has 0 bridgehead atoms. The summed E-state index contributed by atoms with van der Waals surface area (Å²) < 4.78 is 0. The van der Waals surface area contributed by atoms with E-state index in [9.17, 15) is 0 Å². The zero-order chi connectivity index (χ0) is 13.7. The van der Waals surface area contributed by atoms with Crippen molar-refractivity contribution in [2.45, 2.75) is 32.1 Å². The maximum Gasteiger partial charge on any atom is -0.00712 e. The van der Waals surface area contributed by atoms with Gasteiger partial charge in [0.15, 0.2) is 0 Å². The molecule has 0 amide bonds. The molecule has 0 aromatic heterocycles. The fourth-order valence-corrected chi connectivity index (χ4v) is 2.90. The highest BCUT2D eigenvalue weighted by molar-refractivity contribution is 5.33. The standard InChI is InChI=1S/C18H23N/c1-14-8-6-7-11-17(14)15(2)18(12-13-19)16-9-4-3-5-10-16/h3-11,15,18H,12-13,19H2,1-2H3. The second-order valence-corrected chi connectivity index (χ2v) is 5.24. The summed E-state index contributed by atoms with van der Waals surface area (Å²) in [6.07, 6.45) is 1.03. The van der Waals surface area contributed by atoms with Crippen LogP contribution in [-0.2, 0) is 0 Å². The first-order valence-electron chi connectivity index (χ1n) is 7.04. The van der Waals surface area contributed by atoms with Crippen molar-refractivity contribution in [3.05, 3.63) is 71.3 Å². The number of rotatable bonds is 5. The summed E-state index contributed by atoms with van der Waals surface area (Å²) in [5.74, 6) is 0.986. The number of hydrogen-bond donors (Lipinski definition) is 1. The molecule has 0 fully saturated rings. The number of aryl methyl sites for hydroxylation is 1. The molecule has 2 aromatic rings. The van der Waals surface area contributed by atoms with Crippen LogP contribution in [0.1, 0.15) is 41.9 Å². The van der Waals surface area contributed by atoms with Gasteiger partial charge in [-0.05, 0) is 48.4 Å². The van der Waals surface area contributed by atoms with E-state index in [0.717, 1.165) is 13.0 Å². The fraction of sp³-hybridized carbons (Fsp3) is 0.333. The highest BCUT2D eigenvalue weighted by Gasteiger charge is 2.21. The van der Waals surface area contributed by atoms with Crippen LogP contribution in [-0.4, -0.2) is 6.54 Å². The molecule has 0 aliphatic heterocycles. The van der Waals surface area contributed by atoms with Crippen molar-refractivity contribution >= 4 is 0 Å². The molecule has 1 nitrogen and oxygen atoms in total. The predicted molar refractivity (Wildman–Crippen MR) is 82.4 cm³/mol. The molecule has 1 heteroatoms. The van der Waals surface area contributed by atoms with Gasteiger partial charge in [-0.15, -0.1) is 0 Å². The second-order valence-electron chi connectivity index (χ2n) is 5.24. The van der Waals surface area contributed by atoms with Crippen molar-refractivity contribution < 1.29 is 0 Å². The average Bonchev–Trinajstić information content (AvgIpc) is 2.45. The zero-order valence-corrected chi connectivity index (χ0v) is 11.8. The molecule has 0 spiro atoms. The van der Waals surface area contributed by atoms with Gasteiger partial charge in [0.1, 0.15) is 0 Å². The van der Waals surface area contributed by atoms with E-state index >= 15 is 0 Å². The van der Waals surface area contributed by atoms with E-state index < -0.39 is 0 Å². The molecule has 19 heavy (non-hydrogen) atoms. The van der Waals surface area contributed by atoms with Crippen molar-refractivity contribution in [3.63, 3.8) is 0 Å². The Morgan fingerprint density at radius 2 is 1.58 bits per heavy atom. The van der Waals surface area contributed by atoms with Gasteiger partial charge in [-0.1, -0.05) is 61.5 Å². The normalized spacial score (nSPS) is 14.1. The quantitative estimate of drug-likeness (QED) is 0.847. The smallest absolute Gasteiger partial charge is 0.00712 e. The molecule has 0 aliphatic rings. The van der Waals surface area contributed by atoms with E-state index in [1.165, 1.54) is 16.7 Å². The van der Waals surface area contributed by atoms with Crippen LogP contribution < -0.4 is 5.73 Å². The van der Waals surface area contributed by atoms with E-state index in [-0.39, 0.29) is 0 Å². The van der Waals surface area contributed by atoms with Gasteiger partial charge >= 0.3 is 0 Å². The van der Waals surface area contributed by atoms with Gasteiger partial charge in [0, 0.05) is 0 Å². The maximum atomic E-state index is 5.82. The highest BCUT2D eigenvalue weighted by atomic mass is 14.5. The summed E-state index contributed by atoms with van der Waals surface area (Å²) in [6, 6.07) is 19.4. The summed E-state index contributed by atoms with van der Waals surface area (Å²) in [5, 5.41) is 0. The summed E-state index contributed by atoms with van der Waals surface area (Å²) in [5.41, 5.74) is 10.0. The van der Waals surface area contributed by atoms with Gasteiger partial charge in [-0.25, -0.2) is 0 Å². The van der Waals surface area contributed by atoms with Gasteiger partial charge in [0.25, 0.3) is 0 Å². The molecule has 0 saturated heterocycles. The maximum absolute atomic E-state index is 5.82. The van der Waals surface area contributed by atoms with Crippen LogP contribution in [0.25, 0.3) is 0 Å². The van der Waals surface area contributed by atoms with Crippen LogP contribution in [0, 0.1) is 6.92 Å². The number of hydrogen-bond acceptors (Lipinski definition) is 1. The third kappa shape index (κ3) is 3.24. The summed E-state index contributed by atoms with van der Waals surface area (Å²) in [4.78, 5) is 0. The first-order valence-corrected chi connectivity index (χ1v) is 7.04. The molecule has 100 valence electrons. The number of benzene rings is 2. The van der Waals surface area contributed by atoms with Gasteiger partial charge < -0.3 is 5.73 Å². The zero-order valence-electron chi connectivity index (χ0n) is 11.8. The topological polar surface area (TPSA) is 26.0 Å². The van der Waals surface area contributed by atoms with Gasteiger partial charge in [-0.2, -0.15) is 0 Å². The lowest BCUT2D eigenvalue weighted by Gasteiger charge is -2.26. The first kappa shape index (κ1) is 13.8. The fourth-order valence-electron chi connectivity index (χ4n) is 2.90. The van der Waals surface area contributed by atoms with Crippen LogP contribution in [0.2, 0.25) is 0 Å². The molecule has 0 saturated carbocycles. The van der Waals surface area contributed by atoms with Gasteiger partial charge in [0.05, 0.1) is 0 Å². The molecule has 2 unspecified atom stereocenters. The Balaban J connectivity index is 2.32. The van der Waals surface area contributed by atoms with E-state index in [2.05, 4.69) is 68.4 Å². The SMILES string of the molecule is Cc1ccccc1C(C)C(CCN)c1ccccc1. The lowest BCUT2D eigenvalue weighted by Crippen LogP contribution is -2.14. The van der Waals surface area contributed by atoms with Crippen molar-refractivity contribution in [1.82, 2.24) is 0 Å². The first-order chi connectivity index (χ1) is 9.24. The molecule has 0 aliphatic carbocycles. The highest BCUT2D eigenvalue weighted by Crippen LogP contribution is 2.36. The lowest BCUT2D eigenvalue weighted by molar-refractivity contribution is 0.540. The monoisotopic (exact) mass is 253 g/mol. The van der Waals surface area contributed by atoms with Crippen molar-refractivity contribution in [1.29, 1.82) is 0 Å². The van der Waals surface area contributed by atoms with E-state index in [1.807, 2.05) is 0 Å². The Morgan fingerprint density at radius 3 is 2.21 bits per heavy atom. The van der Waals surface area contributed by atoms with Crippen LogP contribution in [0.4, 0.5) is 0 Å². The minimum atomic E-state index is 0.493. The average molecular weight is 253 g/mol. The molecule has 0 heterocycles. The Hall–Kier alpha value is -1.60. The van der Waals surface area contributed by atoms with Crippen molar-refractivity contribution in [2.24, 2.45) is 5.73 Å².